The zero-order chi connectivity index (χ0) is 23.0. The van der Waals surface area contributed by atoms with Crippen LogP contribution in [0.2, 0.25) is 5.02 Å². The molecular formula is C24H28ClNO5. The van der Waals surface area contributed by atoms with Gasteiger partial charge < -0.3 is 14.7 Å². The average molecular weight is 446 g/mol. The maximum Gasteiger partial charge on any atom is 0.317 e. The average Bonchev–Trinajstić information content (AvgIpc) is 2.76. The van der Waals surface area contributed by atoms with E-state index in [0.29, 0.717) is 17.0 Å². The van der Waals surface area contributed by atoms with Gasteiger partial charge in [-0.25, -0.2) is 0 Å². The van der Waals surface area contributed by atoms with E-state index >= 15 is 0 Å². The molecule has 0 aliphatic carbocycles. The molecule has 2 aromatic rings. The van der Waals surface area contributed by atoms with Crippen molar-refractivity contribution >= 4 is 35.1 Å². The molecule has 0 aromatic heterocycles. The number of hydrogen-bond acceptors (Lipinski definition) is 4. The zero-order valence-corrected chi connectivity index (χ0v) is 18.8. The highest BCUT2D eigenvalue weighted by Crippen LogP contribution is 2.40. The van der Waals surface area contributed by atoms with Gasteiger partial charge >= 0.3 is 11.9 Å². The van der Waals surface area contributed by atoms with Gasteiger partial charge in [-0.3, -0.25) is 14.4 Å². The summed E-state index contributed by atoms with van der Waals surface area (Å²) < 4.78 is 5.15. The van der Waals surface area contributed by atoms with Crippen LogP contribution < -0.4 is 4.90 Å². The Morgan fingerprint density at radius 2 is 1.65 bits per heavy atom. The maximum absolute atomic E-state index is 13.1. The molecule has 31 heavy (non-hydrogen) atoms. The molecule has 0 bridgehead atoms. The predicted octanol–water partition coefficient (Wildman–Crippen LogP) is 5.08. The molecule has 0 saturated heterocycles. The number of anilines is 1. The van der Waals surface area contributed by atoms with Gasteiger partial charge in [0.1, 0.15) is 6.42 Å². The molecule has 1 amide bonds. The zero-order valence-electron chi connectivity index (χ0n) is 18.1. The van der Waals surface area contributed by atoms with E-state index in [4.69, 9.17) is 21.4 Å². The van der Waals surface area contributed by atoms with E-state index in [1.54, 1.807) is 36.2 Å². The lowest BCUT2D eigenvalue weighted by molar-refractivity contribution is -0.151. The Hall–Kier alpha value is -2.86. The monoisotopic (exact) mass is 445 g/mol. The molecular weight excluding hydrogens is 418 g/mol. The Morgan fingerprint density at radius 3 is 2.23 bits per heavy atom. The van der Waals surface area contributed by atoms with Crippen LogP contribution in [0, 0.1) is 0 Å². The molecule has 0 unspecified atom stereocenters. The predicted molar refractivity (Wildman–Crippen MR) is 121 cm³/mol. The summed E-state index contributed by atoms with van der Waals surface area (Å²) in [6, 6.07) is 14.5. The minimum Gasteiger partial charge on any atom is -0.481 e. The molecule has 2 rings (SSSR count). The topological polar surface area (TPSA) is 83.9 Å². The highest BCUT2D eigenvalue weighted by molar-refractivity contribution is 6.30. The van der Waals surface area contributed by atoms with E-state index in [9.17, 15) is 14.4 Å². The third-order valence-corrected chi connectivity index (χ3v) is 5.98. The van der Waals surface area contributed by atoms with Gasteiger partial charge in [0.05, 0.1) is 6.61 Å². The third kappa shape index (κ3) is 6.07. The number of carbonyl (C=O) groups excluding carboxylic acids is 2. The van der Waals surface area contributed by atoms with Crippen LogP contribution >= 0.6 is 11.6 Å². The van der Waals surface area contributed by atoms with Gasteiger partial charge in [-0.2, -0.15) is 0 Å². The quantitative estimate of drug-likeness (QED) is 0.407. The number of rotatable bonds is 10. The van der Waals surface area contributed by atoms with Crippen molar-refractivity contribution in [3.8, 4) is 0 Å². The number of nitrogens with zero attached hydrogens (tertiary/aromatic N) is 1. The number of para-hydroxylation sites is 1. The van der Waals surface area contributed by atoms with Gasteiger partial charge in [-0.1, -0.05) is 43.6 Å². The van der Waals surface area contributed by atoms with Crippen LogP contribution in [0.15, 0.2) is 48.5 Å². The van der Waals surface area contributed by atoms with E-state index in [1.165, 1.54) is 0 Å². The van der Waals surface area contributed by atoms with Crippen LogP contribution in [0.25, 0.3) is 0 Å². The Kier molecular flexibility index (Phi) is 8.63. The Labute approximate surface area is 187 Å². The number of carboxylic acid groups (broad SMARTS) is 1. The molecule has 1 N–H and O–H groups in total. The number of benzene rings is 2. The van der Waals surface area contributed by atoms with Crippen LogP contribution in [0.1, 0.15) is 55.5 Å². The number of esters is 1. The van der Waals surface area contributed by atoms with Gasteiger partial charge in [0.15, 0.2) is 0 Å². The van der Waals surface area contributed by atoms with Crippen molar-refractivity contribution < 1.29 is 24.2 Å². The van der Waals surface area contributed by atoms with Gasteiger partial charge in [0.25, 0.3) is 5.91 Å². The molecule has 0 radical (unpaired) electrons. The largest absolute Gasteiger partial charge is 0.481 e. The first kappa shape index (κ1) is 24.4. The normalized spacial score (nSPS) is 11.1. The molecule has 166 valence electrons. The molecule has 0 heterocycles. The number of halogens is 1. The van der Waals surface area contributed by atoms with Crippen molar-refractivity contribution in [2.45, 2.75) is 44.9 Å². The van der Waals surface area contributed by atoms with E-state index in [0.717, 1.165) is 24.1 Å². The molecule has 0 fully saturated rings. The van der Waals surface area contributed by atoms with Crippen LogP contribution in [-0.4, -0.2) is 36.6 Å². The Morgan fingerprint density at radius 1 is 1.03 bits per heavy atom. The summed E-state index contributed by atoms with van der Waals surface area (Å²) in [6.45, 7) is 4.22. The van der Waals surface area contributed by atoms with Gasteiger partial charge in [-0.15, -0.1) is 0 Å². The molecule has 0 aliphatic heterocycles. The second-order valence-corrected chi connectivity index (χ2v) is 7.85. The fraction of sp³-hybridized carbons (Fsp3) is 0.375. The number of amides is 1. The van der Waals surface area contributed by atoms with Crippen LogP contribution in [0.3, 0.4) is 0 Å². The molecule has 0 aliphatic rings. The number of ether oxygens (including phenoxy) is 1. The van der Waals surface area contributed by atoms with Crippen molar-refractivity contribution in [1.29, 1.82) is 0 Å². The molecule has 0 saturated carbocycles. The number of carbonyl (C=O) groups is 3. The summed E-state index contributed by atoms with van der Waals surface area (Å²) in [4.78, 5) is 37.0. The van der Waals surface area contributed by atoms with Crippen LogP contribution in [-0.2, 0) is 19.7 Å². The standard InChI is InChI=1S/C24H28ClNO5/c1-4-24(5-2,14-15-31-22(29)16-21(27)28)19-8-6-7-9-20(19)26(3)23(30)17-10-12-18(25)13-11-17/h6-13H,4-5,14-16H2,1-3H3,(H,27,28). The number of hydrogen-bond donors (Lipinski definition) is 1. The van der Waals surface area contributed by atoms with E-state index < -0.39 is 18.4 Å². The molecule has 0 spiro atoms. The lowest BCUT2D eigenvalue weighted by atomic mass is 9.72. The summed E-state index contributed by atoms with van der Waals surface area (Å²) in [5.74, 6) is -2.12. The Balaban J connectivity index is 2.30. The Bertz CT molecular complexity index is 922. The molecule has 6 nitrogen and oxygen atoms in total. The van der Waals surface area contributed by atoms with Gasteiger partial charge in [0.2, 0.25) is 0 Å². The van der Waals surface area contributed by atoms with Gasteiger partial charge in [-0.05, 0) is 55.2 Å². The fourth-order valence-corrected chi connectivity index (χ4v) is 3.89. The first-order valence-electron chi connectivity index (χ1n) is 10.2. The SMILES string of the molecule is CCC(CC)(CCOC(=O)CC(=O)O)c1ccccc1N(C)C(=O)c1ccc(Cl)cc1. The van der Waals surface area contributed by atoms with Crippen molar-refractivity contribution in [3.63, 3.8) is 0 Å². The third-order valence-electron chi connectivity index (χ3n) is 5.73. The fourth-order valence-electron chi connectivity index (χ4n) is 3.76. The summed E-state index contributed by atoms with van der Waals surface area (Å²) >= 11 is 5.94. The molecule has 0 atom stereocenters. The van der Waals surface area contributed by atoms with Crippen molar-refractivity contribution in [2.24, 2.45) is 0 Å². The summed E-state index contributed by atoms with van der Waals surface area (Å²) in [7, 11) is 1.73. The number of carboxylic acids is 1. The van der Waals surface area contributed by atoms with Gasteiger partial charge in [0, 0.05) is 28.7 Å². The molecule has 2 aromatic carbocycles. The van der Waals surface area contributed by atoms with E-state index in [1.807, 2.05) is 24.3 Å². The van der Waals surface area contributed by atoms with Crippen molar-refractivity contribution in [1.82, 2.24) is 0 Å². The highest BCUT2D eigenvalue weighted by atomic mass is 35.5. The summed E-state index contributed by atoms with van der Waals surface area (Å²) in [5, 5.41) is 9.29. The second-order valence-electron chi connectivity index (χ2n) is 7.42. The van der Waals surface area contributed by atoms with E-state index in [2.05, 4.69) is 13.8 Å². The van der Waals surface area contributed by atoms with Crippen LogP contribution in [0.5, 0.6) is 0 Å². The van der Waals surface area contributed by atoms with Crippen molar-refractivity contribution in [2.75, 3.05) is 18.6 Å². The summed E-state index contributed by atoms with van der Waals surface area (Å²) in [5.41, 5.74) is 1.96. The van der Waals surface area contributed by atoms with Crippen molar-refractivity contribution in [3.05, 3.63) is 64.7 Å². The first-order valence-corrected chi connectivity index (χ1v) is 10.6. The molecule has 7 heteroatoms. The van der Waals surface area contributed by atoms with E-state index in [-0.39, 0.29) is 17.9 Å². The number of aliphatic carboxylic acids is 1. The second kappa shape index (κ2) is 11.0. The lowest BCUT2D eigenvalue weighted by Crippen LogP contribution is -2.33. The minimum absolute atomic E-state index is 0.108. The first-order chi connectivity index (χ1) is 14.7. The maximum atomic E-state index is 13.1. The highest BCUT2D eigenvalue weighted by Gasteiger charge is 2.32. The minimum atomic E-state index is -1.21. The summed E-state index contributed by atoms with van der Waals surface area (Å²) in [6.07, 6.45) is 1.39. The lowest BCUT2D eigenvalue weighted by Gasteiger charge is -2.36. The smallest absolute Gasteiger partial charge is 0.317 e. The van der Waals surface area contributed by atoms with Crippen LogP contribution in [0.4, 0.5) is 5.69 Å².